The van der Waals surface area contributed by atoms with E-state index < -0.39 is 5.97 Å². The fourth-order valence-corrected chi connectivity index (χ4v) is 1.25. The number of carboxylic acid groups (broad SMARTS) is 1. The molecule has 4 nitrogen and oxygen atoms in total. The maximum absolute atomic E-state index is 10.2. The first-order valence-electron chi connectivity index (χ1n) is 5.10. The third-order valence-electron chi connectivity index (χ3n) is 2.03. The maximum atomic E-state index is 10.2. The van der Waals surface area contributed by atoms with Crippen LogP contribution in [0.4, 0.5) is 0 Å². The molecule has 0 aliphatic rings. The number of nitrogens with zero attached hydrogens (tertiary/aromatic N) is 2. The number of imidazole rings is 1. The third kappa shape index (κ3) is 7.37. The summed E-state index contributed by atoms with van der Waals surface area (Å²) in [5.41, 5.74) is 0.875. The van der Waals surface area contributed by atoms with Crippen LogP contribution in [0, 0.1) is 0 Å². The molecule has 0 aromatic carbocycles. The Labute approximate surface area is 109 Å². The van der Waals surface area contributed by atoms with E-state index >= 15 is 0 Å². The van der Waals surface area contributed by atoms with Gasteiger partial charge in [0.25, 0.3) is 0 Å². The number of aliphatic carboxylic acids is 1. The van der Waals surface area contributed by atoms with E-state index in [9.17, 15) is 4.79 Å². The Hall–Kier alpha value is -0.931. The van der Waals surface area contributed by atoms with Crippen LogP contribution in [-0.4, -0.2) is 16.1 Å². The van der Waals surface area contributed by atoms with Gasteiger partial charge in [-0.1, -0.05) is 31.1 Å². The van der Waals surface area contributed by atoms with Gasteiger partial charge >= 0.3 is 5.97 Å². The van der Waals surface area contributed by atoms with E-state index in [-0.39, 0.29) is 26.5 Å². The third-order valence-corrected chi connectivity index (χ3v) is 2.03. The number of aromatic nitrogens is 2. The number of hydrogen-bond acceptors (Lipinski definition) is 2. The first-order valence-corrected chi connectivity index (χ1v) is 5.10. The minimum atomic E-state index is -0.711. The molecule has 0 aliphatic carbocycles. The molecular formula is C11H15IrN2O2-. The SMILES string of the molecule is O=C(O)CCCCC/C=C/c1c[n-]cn1.[Ir]. The van der Waals surface area contributed by atoms with Gasteiger partial charge in [0.1, 0.15) is 0 Å². The van der Waals surface area contributed by atoms with Gasteiger partial charge < -0.3 is 15.1 Å². The molecule has 0 atom stereocenters. The summed E-state index contributed by atoms with van der Waals surface area (Å²) in [6.45, 7) is 0. The predicted octanol–water partition coefficient (Wildman–Crippen LogP) is 2.08. The summed E-state index contributed by atoms with van der Waals surface area (Å²) in [7, 11) is 0. The molecule has 0 bridgehead atoms. The molecule has 1 aromatic rings. The molecular weight excluding hydrogens is 384 g/mol. The molecule has 1 aromatic heterocycles. The number of carboxylic acids is 1. The molecule has 0 amide bonds. The second-order valence-corrected chi connectivity index (χ2v) is 3.34. The molecule has 1 radical (unpaired) electrons. The molecule has 1 heterocycles. The first-order chi connectivity index (χ1) is 7.29. The van der Waals surface area contributed by atoms with Crippen LogP contribution in [0.15, 0.2) is 18.6 Å². The molecule has 5 heteroatoms. The Balaban J connectivity index is 0.00000225. The molecule has 0 spiro atoms. The van der Waals surface area contributed by atoms with Crippen LogP contribution in [0.3, 0.4) is 0 Å². The largest absolute Gasteiger partial charge is 0.481 e. The van der Waals surface area contributed by atoms with Crippen molar-refractivity contribution >= 4 is 12.0 Å². The molecule has 0 fully saturated rings. The predicted molar refractivity (Wildman–Crippen MR) is 57.3 cm³/mol. The van der Waals surface area contributed by atoms with Crippen LogP contribution in [-0.2, 0) is 24.9 Å². The van der Waals surface area contributed by atoms with Crippen LogP contribution in [0.1, 0.15) is 37.8 Å². The summed E-state index contributed by atoms with van der Waals surface area (Å²) in [5, 5.41) is 8.41. The van der Waals surface area contributed by atoms with Crippen molar-refractivity contribution < 1.29 is 30.0 Å². The molecule has 16 heavy (non-hydrogen) atoms. The Kier molecular flexibility index (Phi) is 8.77. The Morgan fingerprint density at radius 3 is 2.88 bits per heavy atom. The summed E-state index contributed by atoms with van der Waals surface area (Å²) >= 11 is 0. The van der Waals surface area contributed by atoms with Gasteiger partial charge in [-0.3, -0.25) is 4.79 Å². The van der Waals surface area contributed by atoms with Crippen molar-refractivity contribution in [3.05, 3.63) is 24.3 Å². The topological polar surface area (TPSA) is 64.3 Å². The fraction of sp³-hybridized carbons (Fsp3) is 0.455. The molecule has 91 valence electrons. The maximum Gasteiger partial charge on any atom is 0.303 e. The minimum Gasteiger partial charge on any atom is -0.481 e. The molecule has 0 saturated carbocycles. The van der Waals surface area contributed by atoms with Gasteiger partial charge in [0.05, 0.1) is 0 Å². The van der Waals surface area contributed by atoms with Gasteiger partial charge in [-0.2, -0.15) is 0 Å². The van der Waals surface area contributed by atoms with Gasteiger partial charge in [-0.05, 0) is 25.0 Å². The number of rotatable bonds is 7. The van der Waals surface area contributed by atoms with Gasteiger partial charge in [-0.25, -0.2) is 0 Å². The average Bonchev–Trinajstić information content (AvgIpc) is 2.68. The van der Waals surface area contributed by atoms with E-state index in [0.717, 1.165) is 31.4 Å². The summed E-state index contributed by atoms with van der Waals surface area (Å²) in [5.74, 6) is -0.711. The average molecular weight is 399 g/mol. The Morgan fingerprint density at radius 2 is 2.25 bits per heavy atom. The fourth-order valence-electron chi connectivity index (χ4n) is 1.25. The number of hydrogen-bond donors (Lipinski definition) is 1. The normalized spacial score (nSPS) is 10.2. The van der Waals surface area contributed by atoms with E-state index in [1.807, 2.05) is 12.2 Å². The van der Waals surface area contributed by atoms with Gasteiger partial charge in [0.2, 0.25) is 0 Å². The molecule has 0 aliphatic heterocycles. The van der Waals surface area contributed by atoms with E-state index in [4.69, 9.17) is 5.11 Å². The van der Waals surface area contributed by atoms with Gasteiger partial charge in [0.15, 0.2) is 0 Å². The minimum absolute atomic E-state index is 0. The van der Waals surface area contributed by atoms with Crippen LogP contribution in [0.2, 0.25) is 0 Å². The van der Waals surface area contributed by atoms with Crippen LogP contribution in [0.5, 0.6) is 0 Å². The first kappa shape index (κ1) is 15.1. The quantitative estimate of drug-likeness (QED) is 0.713. The molecule has 0 unspecified atom stereocenters. The van der Waals surface area contributed by atoms with Crippen LogP contribution in [0.25, 0.3) is 6.08 Å². The number of allylic oxidation sites excluding steroid dienone is 1. The van der Waals surface area contributed by atoms with Crippen molar-refractivity contribution in [3.63, 3.8) is 0 Å². The van der Waals surface area contributed by atoms with Crippen LogP contribution >= 0.6 is 0 Å². The number of carbonyl (C=O) groups is 1. The van der Waals surface area contributed by atoms with E-state index in [0.29, 0.717) is 0 Å². The van der Waals surface area contributed by atoms with Gasteiger partial charge in [0, 0.05) is 26.5 Å². The standard InChI is InChI=1S/C11H16N2O2.Ir/c14-11(15)7-5-3-1-2-4-6-10-8-12-9-13-10;/h4,6,8-9H,1-3,5,7H2,(H2,12,13,14,15);/p-1/b6-4+;. The summed E-state index contributed by atoms with van der Waals surface area (Å²) in [6, 6.07) is 0. The van der Waals surface area contributed by atoms with Crippen molar-refractivity contribution in [1.29, 1.82) is 0 Å². The number of unbranched alkanes of at least 4 members (excludes halogenated alkanes) is 3. The van der Waals surface area contributed by atoms with E-state index in [1.165, 1.54) is 6.33 Å². The summed E-state index contributed by atoms with van der Waals surface area (Å²) in [6.07, 6.45) is 11.2. The second-order valence-electron chi connectivity index (χ2n) is 3.34. The smallest absolute Gasteiger partial charge is 0.303 e. The van der Waals surface area contributed by atoms with Crippen molar-refractivity contribution in [2.75, 3.05) is 0 Å². The molecule has 0 saturated heterocycles. The zero-order valence-electron chi connectivity index (χ0n) is 8.93. The Morgan fingerprint density at radius 1 is 1.44 bits per heavy atom. The molecule has 1 rings (SSSR count). The molecule has 1 N–H and O–H groups in total. The monoisotopic (exact) mass is 400 g/mol. The zero-order chi connectivity index (χ0) is 10.9. The summed E-state index contributed by atoms with van der Waals surface area (Å²) in [4.78, 5) is 18.1. The van der Waals surface area contributed by atoms with E-state index in [1.54, 1.807) is 6.20 Å². The van der Waals surface area contributed by atoms with Gasteiger partial charge in [-0.15, -0.1) is 0 Å². The Bertz CT molecular complexity index is 310. The summed E-state index contributed by atoms with van der Waals surface area (Å²) < 4.78 is 0. The second kappa shape index (κ2) is 9.31. The van der Waals surface area contributed by atoms with Crippen molar-refractivity contribution in [2.24, 2.45) is 0 Å². The van der Waals surface area contributed by atoms with Crippen molar-refractivity contribution in [2.45, 2.75) is 32.1 Å². The zero-order valence-corrected chi connectivity index (χ0v) is 11.3. The van der Waals surface area contributed by atoms with Crippen LogP contribution < -0.4 is 4.98 Å². The van der Waals surface area contributed by atoms with Crippen molar-refractivity contribution in [3.8, 4) is 0 Å². The van der Waals surface area contributed by atoms with Crippen molar-refractivity contribution in [1.82, 2.24) is 9.97 Å². The van der Waals surface area contributed by atoms with E-state index in [2.05, 4.69) is 9.97 Å².